The van der Waals surface area contributed by atoms with Crippen LogP contribution in [0.3, 0.4) is 0 Å². The Balaban J connectivity index is 1.74. The Morgan fingerprint density at radius 1 is 1.30 bits per heavy atom. The highest BCUT2D eigenvalue weighted by molar-refractivity contribution is 8.18. The SMILES string of the molecule is CC(=O)Nc1ccc(N=C2NC(=O)C(=Cc3ccco3)S2)cc1. The predicted molar refractivity (Wildman–Crippen MR) is 90.3 cm³/mol. The second-order valence-corrected chi connectivity index (χ2v) is 5.76. The van der Waals surface area contributed by atoms with E-state index in [0.29, 0.717) is 27.2 Å². The Hall–Kier alpha value is -2.80. The molecule has 0 aliphatic carbocycles. The molecule has 1 aliphatic rings. The molecule has 0 spiro atoms. The van der Waals surface area contributed by atoms with Crippen LogP contribution in [0, 0.1) is 0 Å². The maximum atomic E-state index is 11.9. The van der Waals surface area contributed by atoms with Crippen LogP contribution in [0.15, 0.2) is 57.0 Å². The topological polar surface area (TPSA) is 83.7 Å². The number of rotatable bonds is 3. The summed E-state index contributed by atoms with van der Waals surface area (Å²) in [6.45, 7) is 1.45. The van der Waals surface area contributed by atoms with Crippen LogP contribution in [0.5, 0.6) is 0 Å². The highest BCUT2D eigenvalue weighted by Crippen LogP contribution is 2.28. The molecule has 1 saturated heterocycles. The summed E-state index contributed by atoms with van der Waals surface area (Å²) in [6.07, 6.45) is 3.22. The van der Waals surface area contributed by atoms with Gasteiger partial charge in [0.2, 0.25) is 5.91 Å². The Bertz CT molecular complexity index is 792. The first-order valence-electron chi connectivity index (χ1n) is 6.81. The van der Waals surface area contributed by atoms with Crippen LogP contribution >= 0.6 is 11.8 Å². The molecule has 23 heavy (non-hydrogen) atoms. The van der Waals surface area contributed by atoms with Gasteiger partial charge in [-0.1, -0.05) is 0 Å². The molecule has 0 bridgehead atoms. The van der Waals surface area contributed by atoms with E-state index in [0.717, 1.165) is 0 Å². The molecule has 0 atom stereocenters. The van der Waals surface area contributed by atoms with Gasteiger partial charge in [-0.3, -0.25) is 9.59 Å². The van der Waals surface area contributed by atoms with Gasteiger partial charge >= 0.3 is 0 Å². The number of amides is 2. The maximum Gasteiger partial charge on any atom is 0.264 e. The minimum absolute atomic E-state index is 0.129. The van der Waals surface area contributed by atoms with E-state index in [1.54, 1.807) is 48.7 Å². The smallest absolute Gasteiger partial charge is 0.264 e. The van der Waals surface area contributed by atoms with Crippen LogP contribution in [-0.2, 0) is 9.59 Å². The van der Waals surface area contributed by atoms with Gasteiger partial charge in [0, 0.05) is 18.7 Å². The molecular weight excluding hydrogens is 314 g/mol. The van der Waals surface area contributed by atoms with Gasteiger partial charge in [0.15, 0.2) is 5.17 Å². The number of nitrogens with zero attached hydrogens (tertiary/aromatic N) is 1. The standard InChI is InChI=1S/C16H13N3O3S/c1-10(20)17-11-4-6-12(7-5-11)18-16-19-15(21)14(23-16)9-13-3-2-8-22-13/h2-9H,1H3,(H,17,20)(H,18,19,21). The summed E-state index contributed by atoms with van der Waals surface area (Å²) < 4.78 is 5.20. The van der Waals surface area contributed by atoms with Crippen LogP contribution in [0.25, 0.3) is 6.08 Å². The van der Waals surface area contributed by atoms with Gasteiger partial charge in [-0.05, 0) is 48.2 Å². The predicted octanol–water partition coefficient (Wildman–Crippen LogP) is 3.13. The third-order valence-corrected chi connectivity index (χ3v) is 3.80. The van der Waals surface area contributed by atoms with Crippen molar-refractivity contribution in [3.8, 4) is 0 Å². The number of aliphatic imine (C=N–C) groups is 1. The quantitative estimate of drug-likeness (QED) is 0.848. The number of anilines is 1. The lowest BCUT2D eigenvalue weighted by atomic mass is 10.3. The molecule has 2 amide bonds. The number of carbonyl (C=O) groups excluding carboxylic acids is 2. The van der Waals surface area contributed by atoms with Crippen molar-refractivity contribution in [3.63, 3.8) is 0 Å². The normalized spacial score (nSPS) is 17.5. The largest absolute Gasteiger partial charge is 0.465 e. The lowest BCUT2D eigenvalue weighted by molar-refractivity contribution is -0.115. The Morgan fingerprint density at radius 2 is 2.09 bits per heavy atom. The molecule has 1 aromatic carbocycles. The molecule has 6 nitrogen and oxygen atoms in total. The van der Waals surface area contributed by atoms with Crippen LogP contribution in [0.2, 0.25) is 0 Å². The number of nitrogens with one attached hydrogen (secondary N) is 2. The highest BCUT2D eigenvalue weighted by Gasteiger charge is 2.24. The fourth-order valence-electron chi connectivity index (χ4n) is 1.92. The number of amidine groups is 1. The molecular formula is C16H13N3O3S. The molecule has 116 valence electrons. The van der Waals surface area contributed by atoms with Crippen molar-refractivity contribution in [2.45, 2.75) is 6.92 Å². The summed E-state index contributed by atoms with van der Waals surface area (Å²) in [6, 6.07) is 10.6. The number of hydrogen-bond donors (Lipinski definition) is 2. The summed E-state index contributed by atoms with van der Waals surface area (Å²) in [5.41, 5.74) is 1.38. The van der Waals surface area contributed by atoms with Gasteiger partial charge < -0.3 is 15.1 Å². The minimum Gasteiger partial charge on any atom is -0.465 e. The summed E-state index contributed by atoms with van der Waals surface area (Å²) in [5.74, 6) is 0.277. The number of furan rings is 1. The summed E-state index contributed by atoms with van der Waals surface area (Å²) in [4.78, 5) is 27.8. The molecule has 1 aliphatic heterocycles. The molecule has 0 unspecified atom stereocenters. The fraction of sp³-hybridized carbons (Fsp3) is 0.0625. The molecule has 3 rings (SSSR count). The van der Waals surface area contributed by atoms with E-state index in [1.165, 1.54) is 18.7 Å². The zero-order valence-electron chi connectivity index (χ0n) is 12.2. The van der Waals surface area contributed by atoms with E-state index < -0.39 is 0 Å². The summed E-state index contributed by atoms with van der Waals surface area (Å²) >= 11 is 1.25. The van der Waals surface area contributed by atoms with Gasteiger partial charge in [0.1, 0.15) is 5.76 Å². The second-order valence-electron chi connectivity index (χ2n) is 4.73. The van der Waals surface area contributed by atoms with Crippen molar-refractivity contribution in [2.24, 2.45) is 4.99 Å². The van der Waals surface area contributed by atoms with Crippen LogP contribution < -0.4 is 10.6 Å². The van der Waals surface area contributed by atoms with Gasteiger partial charge in [0.05, 0.1) is 16.9 Å². The van der Waals surface area contributed by atoms with Crippen molar-refractivity contribution in [2.75, 3.05) is 5.32 Å². The van der Waals surface area contributed by atoms with Gasteiger partial charge in [-0.2, -0.15) is 0 Å². The molecule has 7 heteroatoms. The monoisotopic (exact) mass is 327 g/mol. The molecule has 2 aromatic rings. The first kappa shape index (κ1) is 15.1. The molecule has 0 saturated carbocycles. The lowest BCUT2D eigenvalue weighted by Crippen LogP contribution is -2.19. The van der Waals surface area contributed by atoms with Crippen LogP contribution in [0.4, 0.5) is 11.4 Å². The number of carbonyl (C=O) groups is 2. The molecule has 1 aromatic heterocycles. The van der Waals surface area contributed by atoms with E-state index in [2.05, 4.69) is 15.6 Å². The van der Waals surface area contributed by atoms with Crippen LogP contribution in [0.1, 0.15) is 12.7 Å². The zero-order valence-corrected chi connectivity index (χ0v) is 13.0. The summed E-state index contributed by atoms with van der Waals surface area (Å²) in [5, 5.41) is 5.89. The molecule has 1 fully saturated rings. The summed E-state index contributed by atoms with van der Waals surface area (Å²) in [7, 11) is 0. The van der Waals surface area contributed by atoms with Gasteiger partial charge in [-0.25, -0.2) is 4.99 Å². The highest BCUT2D eigenvalue weighted by atomic mass is 32.2. The van der Waals surface area contributed by atoms with E-state index in [1.807, 2.05) is 0 Å². The minimum atomic E-state index is -0.208. The van der Waals surface area contributed by atoms with E-state index in [4.69, 9.17) is 4.42 Å². The number of benzene rings is 1. The van der Waals surface area contributed by atoms with Gasteiger partial charge in [0.25, 0.3) is 5.91 Å². The number of hydrogen-bond acceptors (Lipinski definition) is 5. The van der Waals surface area contributed by atoms with Crippen molar-refractivity contribution in [1.82, 2.24) is 5.32 Å². The van der Waals surface area contributed by atoms with Crippen molar-refractivity contribution in [1.29, 1.82) is 0 Å². The van der Waals surface area contributed by atoms with Crippen molar-refractivity contribution in [3.05, 3.63) is 53.3 Å². The Labute approximate surface area is 136 Å². The number of thioether (sulfide) groups is 1. The average molecular weight is 327 g/mol. The van der Waals surface area contributed by atoms with Crippen LogP contribution in [-0.4, -0.2) is 17.0 Å². The molecule has 2 heterocycles. The molecule has 2 N–H and O–H groups in total. The zero-order chi connectivity index (χ0) is 16.2. The average Bonchev–Trinajstić information content (AvgIpc) is 3.12. The van der Waals surface area contributed by atoms with E-state index in [-0.39, 0.29) is 11.8 Å². The third kappa shape index (κ3) is 3.89. The Morgan fingerprint density at radius 3 is 2.74 bits per heavy atom. The first-order valence-corrected chi connectivity index (χ1v) is 7.62. The molecule has 0 radical (unpaired) electrons. The first-order chi connectivity index (χ1) is 11.1. The Kier molecular flexibility index (Phi) is 4.29. The second kappa shape index (κ2) is 6.53. The van der Waals surface area contributed by atoms with Crippen molar-refractivity contribution >= 4 is 46.2 Å². The van der Waals surface area contributed by atoms with E-state index >= 15 is 0 Å². The lowest BCUT2D eigenvalue weighted by Gasteiger charge is -2.02. The third-order valence-electron chi connectivity index (χ3n) is 2.89. The van der Waals surface area contributed by atoms with Gasteiger partial charge in [-0.15, -0.1) is 0 Å². The fourth-order valence-corrected chi connectivity index (χ4v) is 2.74. The maximum absolute atomic E-state index is 11.9. The van der Waals surface area contributed by atoms with Crippen molar-refractivity contribution < 1.29 is 14.0 Å². The van der Waals surface area contributed by atoms with E-state index in [9.17, 15) is 9.59 Å².